The maximum atomic E-state index is 13.5. The molecule has 1 aromatic carbocycles. The third kappa shape index (κ3) is 5.24. The molecule has 2 rings (SSSR count). The van der Waals surface area contributed by atoms with Gasteiger partial charge in [0.05, 0.1) is 12.7 Å². The molecule has 0 aliphatic heterocycles. The average Bonchev–Trinajstić information content (AvgIpc) is 2.71. The highest BCUT2D eigenvalue weighted by atomic mass is 35.5. The minimum atomic E-state index is -0.698. The molecular weight excluding hydrogens is 408 g/mol. The molecule has 8 nitrogen and oxygen atoms in total. The van der Waals surface area contributed by atoms with Gasteiger partial charge in [-0.05, 0) is 31.0 Å². The Morgan fingerprint density at radius 2 is 1.90 bits per heavy atom. The lowest BCUT2D eigenvalue weighted by molar-refractivity contribution is 0.0983. The molecule has 0 aliphatic rings. The number of carbonyl (C=O) groups is 1. The van der Waals surface area contributed by atoms with Crippen molar-refractivity contribution in [2.45, 2.75) is 52.5 Å². The number of benzene rings is 1. The Bertz CT molecular complexity index is 999. The van der Waals surface area contributed by atoms with Crippen molar-refractivity contribution in [2.75, 3.05) is 24.3 Å². The number of unbranched alkanes of at least 4 members (excludes halogenated alkanes) is 3. The first kappa shape index (κ1) is 23.5. The van der Waals surface area contributed by atoms with E-state index < -0.39 is 17.2 Å². The van der Waals surface area contributed by atoms with Crippen LogP contribution in [0, 0.1) is 0 Å². The van der Waals surface area contributed by atoms with Crippen LogP contribution in [0.3, 0.4) is 0 Å². The second-order valence-corrected chi connectivity index (χ2v) is 7.44. The normalized spacial score (nSPS) is 10.8. The highest BCUT2D eigenvalue weighted by Gasteiger charge is 2.27. The number of ether oxygens (including phenoxy) is 1. The number of hydrogen-bond acceptors (Lipinski definition) is 5. The Kier molecular flexibility index (Phi) is 8.53. The predicted molar refractivity (Wildman–Crippen MR) is 120 cm³/mol. The van der Waals surface area contributed by atoms with Crippen LogP contribution in [-0.2, 0) is 6.54 Å². The first-order valence-corrected chi connectivity index (χ1v) is 10.5. The van der Waals surface area contributed by atoms with Gasteiger partial charge in [-0.2, -0.15) is 0 Å². The van der Waals surface area contributed by atoms with E-state index in [2.05, 4.69) is 4.98 Å². The standard InChI is InChI=1S/C21H29ClN4O4/c1-4-6-8-12-25(20(28)15-13-14(22)9-10-16(15)30-3)17-18(23)26(11-7-5-2)21(29)24-19(17)27/h9-10,13H,4-8,11-12,23H2,1-3H3,(H,24,27,29). The van der Waals surface area contributed by atoms with Crippen molar-refractivity contribution in [1.82, 2.24) is 9.55 Å². The maximum Gasteiger partial charge on any atom is 0.330 e. The second-order valence-electron chi connectivity index (χ2n) is 7.01. The summed E-state index contributed by atoms with van der Waals surface area (Å²) in [5.41, 5.74) is 5.13. The maximum absolute atomic E-state index is 13.5. The van der Waals surface area contributed by atoms with E-state index in [0.29, 0.717) is 30.2 Å². The zero-order valence-corrected chi connectivity index (χ0v) is 18.4. The first-order chi connectivity index (χ1) is 14.3. The van der Waals surface area contributed by atoms with Crippen LogP contribution in [-0.4, -0.2) is 29.1 Å². The van der Waals surface area contributed by atoms with Gasteiger partial charge in [0.2, 0.25) is 0 Å². The van der Waals surface area contributed by atoms with Crippen molar-refractivity contribution < 1.29 is 9.53 Å². The third-order valence-corrected chi connectivity index (χ3v) is 5.08. The molecule has 0 radical (unpaired) electrons. The number of anilines is 2. The van der Waals surface area contributed by atoms with Crippen LogP contribution >= 0.6 is 11.6 Å². The van der Waals surface area contributed by atoms with Crippen molar-refractivity contribution in [3.8, 4) is 5.75 Å². The topological polar surface area (TPSA) is 110 Å². The number of rotatable bonds is 10. The molecule has 30 heavy (non-hydrogen) atoms. The number of amides is 1. The van der Waals surface area contributed by atoms with E-state index in [1.807, 2.05) is 13.8 Å². The molecule has 0 fully saturated rings. The quantitative estimate of drug-likeness (QED) is 0.554. The van der Waals surface area contributed by atoms with Crippen molar-refractivity contribution in [3.05, 3.63) is 49.6 Å². The van der Waals surface area contributed by atoms with Crippen LogP contribution in [0.5, 0.6) is 5.75 Å². The molecule has 0 atom stereocenters. The highest BCUT2D eigenvalue weighted by Crippen LogP contribution is 2.27. The summed E-state index contributed by atoms with van der Waals surface area (Å²) in [6, 6.07) is 4.70. The number of nitrogens with two attached hydrogens (primary N) is 1. The molecule has 0 bridgehead atoms. The fourth-order valence-electron chi connectivity index (χ4n) is 3.20. The summed E-state index contributed by atoms with van der Waals surface area (Å²) in [5.74, 6) is -0.161. The van der Waals surface area contributed by atoms with E-state index in [0.717, 1.165) is 19.3 Å². The Balaban J connectivity index is 2.63. The number of nitrogens with zero attached hydrogens (tertiary/aromatic N) is 2. The van der Waals surface area contributed by atoms with Gasteiger partial charge in [0, 0.05) is 18.1 Å². The van der Waals surface area contributed by atoms with Crippen molar-refractivity contribution in [2.24, 2.45) is 0 Å². The molecular formula is C21H29ClN4O4. The van der Waals surface area contributed by atoms with Gasteiger partial charge < -0.3 is 15.4 Å². The monoisotopic (exact) mass is 436 g/mol. The van der Waals surface area contributed by atoms with Gasteiger partial charge in [-0.1, -0.05) is 44.7 Å². The number of aromatic amines is 1. The van der Waals surface area contributed by atoms with Crippen LogP contribution < -0.4 is 26.6 Å². The zero-order chi connectivity index (χ0) is 22.3. The van der Waals surface area contributed by atoms with Gasteiger partial charge in [0.15, 0.2) is 5.69 Å². The molecule has 9 heteroatoms. The number of methoxy groups -OCH3 is 1. The molecule has 164 valence electrons. The number of aromatic nitrogens is 2. The number of nitrogens with one attached hydrogen (secondary N) is 1. The summed E-state index contributed by atoms with van der Waals surface area (Å²) in [7, 11) is 1.45. The van der Waals surface area contributed by atoms with Crippen LogP contribution in [0.15, 0.2) is 27.8 Å². The Morgan fingerprint density at radius 3 is 2.53 bits per heavy atom. The zero-order valence-electron chi connectivity index (χ0n) is 17.7. The van der Waals surface area contributed by atoms with Crippen molar-refractivity contribution in [1.29, 1.82) is 0 Å². The molecule has 0 aliphatic carbocycles. The molecule has 1 amide bonds. The number of H-pyrrole nitrogens is 1. The van der Waals surface area contributed by atoms with Gasteiger partial charge in [-0.15, -0.1) is 0 Å². The largest absolute Gasteiger partial charge is 0.496 e. The van der Waals surface area contributed by atoms with Gasteiger partial charge in [0.1, 0.15) is 11.6 Å². The number of halogens is 1. The van der Waals surface area contributed by atoms with Crippen molar-refractivity contribution in [3.63, 3.8) is 0 Å². The summed E-state index contributed by atoms with van der Waals surface area (Å²) in [6.45, 7) is 4.64. The van der Waals surface area contributed by atoms with E-state index in [-0.39, 0.29) is 23.6 Å². The summed E-state index contributed by atoms with van der Waals surface area (Å²) in [5, 5.41) is 0.363. The molecule has 0 saturated heterocycles. The third-order valence-electron chi connectivity index (χ3n) is 4.84. The van der Waals surface area contributed by atoms with Crippen LogP contribution in [0.1, 0.15) is 56.3 Å². The molecule has 0 saturated carbocycles. The lowest BCUT2D eigenvalue weighted by atomic mass is 10.1. The predicted octanol–water partition coefficient (Wildman–Crippen LogP) is 3.42. The Hall–Kier alpha value is -2.74. The molecule has 0 spiro atoms. The van der Waals surface area contributed by atoms with E-state index in [1.54, 1.807) is 12.1 Å². The van der Waals surface area contributed by atoms with E-state index in [4.69, 9.17) is 22.1 Å². The van der Waals surface area contributed by atoms with Crippen LogP contribution in [0.4, 0.5) is 11.5 Å². The van der Waals surface area contributed by atoms with E-state index in [9.17, 15) is 14.4 Å². The molecule has 0 unspecified atom stereocenters. The first-order valence-electron chi connectivity index (χ1n) is 10.1. The summed E-state index contributed by atoms with van der Waals surface area (Å²) < 4.78 is 6.61. The van der Waals surface area contributed by atoms with Gasteiger partial charge in [-0.25, -0.2) is 4.79 Å². The van der Waals surface area contributed by atoms with E-state index >= 15 is 0 Å². The highest BCUT2D eigenvalue weighted by molar-refractivity contribution is 6.31. The number of hydrogen-bond donors (Lipinski definition) is 2. The average molecular weight is 437 g/mol. The lowest BCUT2D eigenvalue weighted by Gasteiger charge is -2.25. The van der Waals surface area contributed by atoms with Gasteiger partial charge in [-0.3, -0.25) is 19.1 Å². The summed E-state index contributed by atoms with van der Waals surface area (Å²) in [6.07, 6.45) is 4.02. The SMILES string of the molecule is CCCCCN(C(=O)c1cc(Cl)ccc1OC)c1c(N)n(CCCC)c(=O)[nH]c1=O. The summed E-state index contributed by atoms with van der Waals surface area (Å²) in [4.78, 5) is 42.1. The Morgan fingerprint density at radius 1 is 1.20 bits per heavy atom. The fourth-order valence-corrected chi connectivity index (χ4v) is 3.38. The Labute approximate surface area is 180 Å². The van der Waals surface area contributed by atoms with E-state index in [1.165, 1.54) is 22.6 Å². The minimum absolute atomic E-state index is 0.0250. The van der Waals surface area contributed by atoms with Crippen LogP contribution in [0.2, 0.25) is 5.02 Å². The van der Waals surface area contributed by atoms with Gasteiger partial charge >= 0.3 is 5.69 Å². The molecule has 2 aromatic rings. The molecule has 3 N–H and O–H groups in total. The summed E-state index contributed by atoms with van der Waals surface area (Å²) >= 11 is 6.10. The van der Waals surface area contributed by atoms with Crippen molar-refractivity contribution >= 4 is 29.0 Å². The lowest BCUT2D eigenvalue weighted by Crippen LogP contribution is -2.41. The number of nitrogen functional groups attached to an aromatic ring is 1. The number of carbonyl (C=O) groups excluding carboxylic acids is 1. The molecule has 1 aromatic heterocycles. The smallest absolute Gasteiger partial charge is 0.330 e. The van der Waals surface area contributed by atoms with Gasteiger partial charge in [0.25, 0.3) is 11.5 Å². The molecule has 1 heterocycles. The second kappa shape index (κ2) is 10.9. The fraction of sp³-hybridized carbons (Fsp3) is 0.476. The van der Waals surface area contributed by atoms with Crippen LogP contribution in [0.25, 0.3) is 0 Å². The minimum Gasteiger partial charge on any atom is -0.496 e.